The maximum atomic E-state index is 12.9. The van der Waals surface area contributed by atoms with E-state index in [0.717, 1.165) is 12.1 Å². The van der Waals surface area contributed by atoms with Crippen molar-refractivity contribution in [3.05, 3.63) is 64.2 Å². The summed E-state index contributed by atoms with van der Waals surface area (Å²) in [6.07, 6.45) is 3.00. The molecule has 1 saturated carbocycles. The molecule has 0 spiro atoms. The van der Waals surface area contributed by atoms with Crippen molar-refractivity contribution in [1.82, 2.24) is 4.90 Å². The van der Waals surface area contributed by atoms with E-state index in [1.807, 2.05) is 12.2 Å². The van der Waals surface area contributed by atoms with Crippen LogP contribution in [0.25, 0.3) is 0 Å². The number of amides is 1. The van der Waals surface area contributed by atoms with Gasteiger partial charge in [-0.05, 0) is 56.2 Å². The maximum Gasteiger partial charge on any atom is 0.416 e. The molecule has 1 aromatic rings. The van der Waals surface area contributed by atoms with Gasteiger partial charge >= 0.3 is 6.18 Å². The van der Waals surface area contributed by atoms with E-state index < -0.39 is 41.1 Å². The van der Waals surface area contributed by atoms with E-state index in [9.17, 15) is 43.4 Å². The molecule has 0 bridgehead atoms. The summed E-state index contributed by atoms with van der Waals surface area (Å²) >= 11 is 0. The van der Waals surface area contributed by atoms with Gasteiger partial charge in [0, 0.05) is 32.4 Å². The molecule has 13 heteroatoms. The molecule has 1 amide bonds. The van der Waals surface area contributed by atoms with Crippen molar-refractivity contribution < 1.29 is 47.9 Å². The monoisotopic (exact) mass is 588 g/mol. The van der Waals surface area contributed by atoms with Crippen LogP contribution in [0.15, 0.2) is 48.6 Å². The molecule has 230 valence electrons. The summed E-state index contributed by atoms with van der Waals surface area (Å²) < 4.78 is 43.8. The lowest BCUT2D eigenvalue weighted by Crippen LogP contribution is -2.27. The highest BCUT2D eigenvalue weighted by Crippen LogP contribution is 2.36. The number of nitrogens with zero attached hydrogens (tertiary/aromatic N) is 2. The van der Waals surface area contributed by atoms with Gasteiger partial charge in [-0.2, -0.15) is 13.2 Å². The molecule has 0 saturated heterocycles. The number of halogens is 3. The Hall–Kier alpha value is -3.16. The van der Waals surface area contributed by atoms with Crippen LogP contribution < -0.4 is 4.74 Å². The summed E-state index contributed by atoms with van der Waals surface area (Å²) in [5.41, 5.74) is -0.854. The number of aliphatic hydroxyl groups is 3. The predicted molar refractivity (Wildman–Crippen MR) is 143 cm³/mol. The zero-order valence-corrected chi connectivity index (χ0v) is 23.0. The molecule has 0 unspecified atom stereocenters. The number of carbonyl (C=O) groups is 1. The van der Waals surface area contributed by atoms with Crippen LogP contribution in [-0.4, -0.2) is 76.3 Å². The van der Waals surface area contributed by atoms with Crippen LogP contribution in [0.1, 0.15) is 50.5 Å². The minimum absolute atomic E-state index is 0.00148. The maximum absolute atomic E-state index is 12.9. The SMILES string of the molecule is CN(CCCCO[N+](=O)[O-])C(=O)CCC/C=C\C[C@@H]1[C@@H](/C=C/[C@@H](O)COc2cccc(C(F)(F)F)c2)[C@H](O)C[C@@H]1O. The van der Waals surface area contributed by atoms with E-state index in [1.54, 1.807) is 18.0 Å². The van der Waals surface area contributed by atoms with Crippen molar-refractivity contribution in [2.24, 2.45) is 11.8 Å². The molecule has 1 fully saturated rings. The van der Waals surface area contributed by atoms with Crippen molar-refractivity contribution in [3.8, 4) is 5.75 Å². The molecule has 0 heterocycles. The van der Waals surface area contributed by atoms with Crippen LogP contribution in [0.4, 0.5) is 13.2 Å². The van der Waals surface area contributed by atoms with Gasteiger partial charge in [-0.25, -0.2) is 0 Å². The van der Waals surface area contributed by atoms with Crippen LogP contribution in [0.3, 0.4) is 0 Å². The zero-order chi connectivity index (χ0) is 30.4. The molecule has 0 radical (unpaired) electrons. The highest BCUT2D eigenvalue weighted by Gasteiger charge is 2.39. The van der Waals surface area contributed by atoms with Crippen molar-refractivity contribution in [2.45, 2.75) is 69.4 Å². The largest absolute Gasteiger partial charge is 0.491 e. The topological polar surface area (TPSA) is 143 Å². The summed E-state index contributed by atoms with van der Waals surface area (Å²) in [5, 5.41) is 40.3. The van der Waals surface area contributed by atoms with Crippen LogP contribution in [-0.2, 0) is 15.8 Å². The summed E-state index contributed by atoms with van der Waals surface area (Å²) in [6, 6.07) is 4.36. The number of alkyl halides is 3. The van der Waals surface area contributed by atoms with Gasteiger partial charge in [-0.15, -0.1) is 10.1 Å². The Balaban J connectivity index is 1.73. The molecular weight excluding hydrogens is 549 g/mol. The average Bonchev–Trinajstić information content (AvgIpc) is 3.18. The third kappa shape index (κ3) is 12.5. The number of allylic oxidation sites excluding steroid dienone is 2. The van der Waals surface area contributed by atoms with E-state index in [-0.39, 0.29) is 37.2 Å². The minimum Gasteiger partial charge on any atom is -0.491 e. The molecule has 1 aliphatic rings. The number of ether oxygens (including phenoxy) is 1. The summed E-state index contributed by atoms with van der Waals surface area (Å²) in [4.78, 5) is 28.1. The number of hydrogen-bond donors (Lipinski definition) is 3. The normalized spacial score (nSPS) is 21.8. The van der Waals surface area contributed by atoms with E-state index in [0.29, 0.717) is 45.1 Å². The van der Waals surface area contributed by atoms with Gasteiger partial charge in [0.05, 0.1) is 24.4 Å². The molecular formula is C28H39F3N2O8. The number of carbonyl (C=O) groups excluding carboxylic acids is 1. The smallest absolute Gasteiger partial charge is 0.416 e. The number of aliphatic hydroxyl groups excluding tert-OH is 3. The first-order valence-electron chi connectivity index (χ1n) is 13.6. The van der Waals surface area contributed by atoms with E-state index in [1.165, 1.54) is 18.2 Å². The van der Waals surface area contributed by atoms with Gasteiger partial charge in [0.25, 0.3) is 5.09 Å². The lowest BCUT2D eigenvalue weighted by molar-refractivity contribution is -0.757. The number of benzene rings is 1. The van der Waals surface area contributed by atoms with E-state index in [4.69, 9.17) is 4.74 Å². The average molecular weight is 589 g/mol. The minimum atomic E-state index is -4.50. The molecule has 0 aromatic heterocycles. The molecule has 3 N–H and O–H groups in total. The number of rotatable bonds is 17. The van der Waals surface area contributed by atoms with Crippen molar-refractivity contribution in [3.63, 3.8) is 0 Å². The van der Waals surface area contributed by atoms with Crippen molar-refractivity contribution >= 4 is 5.91 Å². The quantitative estimate of drug-likeness (QED) is 0.108. The van der Waals surface area contributed by atoms with Gasteiger partial charge in [0.2, 0.25) is 5.91 Å². The zero-order valence-electron chi connectivity index (χ0n) is 23.0. The standard InChI is InChI=1S/C28H39F3N2O8/c1-32(15-6-7-16-41-33(38)39)27(37)12-5-3-2-4-11-23-24(26(36)18-25(23)35)14-13-21(34)19-40-22-10-8-9-20(17-22)28(29,30)31/h2,4,8-10,13-14,17,21,23-26,34-36H,3,5-7,11-12,15-16,18-19H2,1H3/b4-2-,14-13+/t21-,23-,24-,25+,26-/m1/s1. The summed E-state index contributed by atoms with van der Waals surface area (Å²) in [7, 11) is 1.68. The van der Waals surface area contributed by atoms with Gasteiger partial charge in [-0.3, -0.25) is 4.79 Å². The Morgan fingerprint density at radius 3 is 2.68 bits per heavy atom. The van der Waals surface area contributed by atoms with E-state index >= 15 is 0 Å². The summed E-state index contributed by atoms with van der Waals surface area (Å²) in [6.45, 7) is 0.206. The molecule has 10 nitrogen and oxygen atoms in total. The first-order chi connectivity index (χ1) is 19.4. The molecule has 41 heavy (non-hydrogen) atoms. The fourth-order valence-corrected chi connectivity index (χ4v) is 4.61. The second-order valence-corrected chi connectivity index (χ2v) is 10.1. The molecule has 1 aromatic carbocycles. The van der Waals surface area contributed by atoms with Crippen LogP contribution >= 0.6 is 0 Å². The molecule has 2 rings (SSSR count). The lowest BCUT2D eigenvalue weighted by atomic mass is 9.89. The Bertz CT molecular complexity index is 1020. The highest BCUT2D eigenvalue weighted by molar-refractivity contribution is 5.75. The third-order valence-electron chi connectivity index (χ3n) is 6.90. The van der Waals surface area contributed by atoms with Crippen LogP contribution in [0.5, 0.6) is 5.75 Å². The number of unbranched alkanes of at least 4 members (excludes halogenated alkanes) is 2. The van der Waals surface area contributed by atoms with Crippen LogP contribution in [0, 0.1) is 22.0 Å². The highest BCUT2D eigenvalue weighted by atomic mass is 19.4. The van der Waals surface area contributed by atoms with Crippen molar-refractivity contribution in [2.75, 3.05) is 26.8 Å². The second kappa shape index (κ2) is 16.9. The second-order valence-electron chi connectivity index (χ2n) is 10.1. The van der Waals surface area contributed by atoms with E-state index in [2.05, 4.69) is 4.84 Å². The number of hydrogen-bond acceptors (Lipinski definition) is 8. The Morgan fingerprint density at radius 2 is 1.98 bits per heavy atom. The Kier molecular flexibility index (Phi) is 14.1. The van der Waals surface area contributed by atoms with Gasteiger partial charge in [0.15, 0.2) is 0 Å². The van der Waals surface area contributed by atoms with Crippen LogP contribution in [0.2, 0.25) is 0 Å². The summed E-state index contributed by atoms with van der Waals surface area (Å²) in [5.74, 6) is -0.769. The van der Waals surface area contributed by atoms with Gasteiger partial charge in [0.1, 0.15) is 18.5 Å². The predicted octanol–water partition coefficient (Wildman–Crippen LogP) is 3.92. The molecule has 5 atom stereocenters. The Morgan fingerprint density at radius 1 is 1.22 bits per heavy atom. The third-order valence-corrected chi connectivity index (χ3v) is 6.90. The Labute approximate surface area is 237 Å². The fraction of sp³-hybridized carbons (Fsp3) is 0.607. The van der Waals surface area contributed by atoms with Gasteiger partial charge in [-0.1, -0.05) is 30.4 Å². The first-order valence-corrected chi connectivity index (χ1v) is 13.6. The molecule has 0 aliphatic heterocycles. The van der Waals surface area contributed by atoms with Crippen molar-refractivity contribution in [1.29, 1.82) is 0 Å². The van der Waals surface area contributed by atoms with Gasteiger partial charge < -0.3 is 29.8 Å². The molecule has 1 aliphatic carbocycles. The first kappa shape index (κ1) is 34.0. The lowest BCUT2D eigenvalue weighted by Gasteiger charge is -2.20. The fourth-order valence-electron chi connectivity index (χ4n) is 4.61.